The third kappa shape index (κ3) is 3.96. The Morgan fingerprint density at radius 3 is 2.80 bits per heavy atom. The van der Waals surface area contributed by atoms with Gasteiger partial charge in [-0.2, -0.15) is 5.26 Å². The lowest BCUT2D eigenvalue weighted by Crippen LogP contribution is -2.12. The van der Waals surface area contributed by atoms with Crippen molar-refractivity contribution >= 4 is 29.3 Å². The van der Waals surface area contributed by atoms with E-state index in [2.05, 4.69) is 0 Å². The first-order valence-corrected chi connectivity index (χ1v) is 5.83. The predicted octanol–water partition coefficient (Wildman–Crippen LogP) is 1.35. The van der Waals surface area contributed by atoms with Gasteiger partial charge in [-0.15, -0.1) is 0 Å². The van der Waals surface area contributed by atoms with E-state index in [1.54, 1.807) is 18.2 Å². The summed E-state index contributed by atoms with van der Waals surface area (Å²) in [5, 5.41) is 17.6. The van der Waals surface area contributed by atoms with Crippen LogP contribution in [0.4, 0.5) is 0 Å². The first kappa shape index (κ1) is 15.5. The van der Waals surface area contributed by atoms with Crippen molar-refractivity contribution in [1.29, 1.82) is 5.26 Å². The van der Waals surface area contributed by atoms with Gasteiger partial charge in [0.1, 0.15) is 11.1 Å². The molecule has 0 fully saturated rings. The van der Waals surface area contributed by atoms with E-state index in [0.717, 1.165) is 0 Å². The molecule has 0 aromatic heterocycles. The number of nitriles is 1. The first-order valence-electron chi connectivity index (χ1n) is 5.42. The van der Waals surface area contributed by atoms with Crippen LogP contribution in [0.1, 0.15) is 5.56 Å². The SMILES string of the molecule is COc1cccc(C=C(C#N)C(N)=S)c1OCC(=O)O. The highest BCUT2D eigenvalue weighted by Gasteiger charge is 2.12. The zero-order valence-corrected chi connectivity index (χ0v) is 11.4. The van der Waals surface area contributed by atoms with Crippen molar-refractivity contribution in [2.24, 2.45) is 5.73 Å². The van der Waals surface area contributed by atoms with Gasteiger partial charge >= 0.3 is 5.97 Å². The van der Waals surface area contributed by atoms with E-state index >= 15 is 0 Å². The van der Waals surface area contributed by atoms with Gasteiger partial charge in [-0.1, -0.05) is 24.4 Å². The molecule has 0 aliphatic carbocycles. The van der Waals surface area contributed by atoms with Gasteiger partial charge in [0.2, 0.25) is 0 Å². The molecule has 1 aromatic rings. The lowest BCUT2D eigenvalue weighted by atomic mass is 10.1. The van der Waals surface area contributed by atoms with Gasteiger partial charge in [-0.3, -0.25) is 0 Å². The van der Waals surface area contributed by atoms with Gasteiger partial charge in [0, 0.05) is 5.56 Å². The van der Waals surface area contributed by atoms with Gasteiger partial charge < -0.3 is 20.3 Å². The minimum Gasteiger partial charge on any atom is -0.493 e. The fourth-order valence-corrected chi connectivity index (χ4v) is 1.51. The second kappa shape index (κ2) is 7.11. The summed E-state index contributed by atoms with van der Waals surface area (Å²) in [6.07, 6.45) is 1.42. The highest BCUT2D eigenvalue weighted by atomic mass is 32.1. The molecule has 0 spiro atoms. The van der Waals surface area contributed by atoms with Gasteiger partial charge in [-0.05, 0) is 12.1 Å². The molecule has 0 radical (unpaired) electrons. The molecule has 0 amide bonds. The number of nitrogens with two attached hydrogens (primary N) is 1. The van der Waals surface area contributed by atoms with Crippen LogP contribution in [0.25, 0.3) is 6.08 Å². The van der Waals surface area contributed by atoms with Crippen LogP contribution >= 0.6 is 12.2 Å². The smallest absolute Gasteiger partial charge is 0.341 e. The number of aliphatic carboxylic acids is 1. The number of benzene rings is 1. The zero-order valence-electron chi connectivity index (χ0n) is 10.6. The second-order valence-corrected chi connectivity index (χ2v) is 4.03. The minimum absolute atomic E-state index is 0.0560. The molecule has 0 bridgehead atoms. The van der Waals surface area contributed by atoms with Crippen LogP contribution in [0.15, 0.2) is 23.8 Å². The number of carboxylic acid groups (broad SMARTS) is 1. The van der Waals surface area contributed by atoms with Crippen LogP contribution in [0.3, 0.4) is 0 Å². The van der Waals surface area contributed by atoms with E-state index < -0.39 is 12.6 Å². The summed E-state index contributed by atoms with van der Waals surface area (Å²) in [7, 11) is 1.43. The maximum atomic E-state index is 10.6. The normalized spacial score (nSPS) is 10.5. The molecular weight excluding hydrogens is 280 g/mol. The molecule has 6 nitrogen and oxygen atoms in total. The maximum Gasteiger partial charge on any atom is 0.341 e. The van der Waals surface area contributed by atoms with Crippen LogP contribution < -0.4 is 15.2 Å². The zero-order chi connectivity index (χ0) is 15.1. The summed E-state index contributed by atoms with van der Waals surface area (Å²) in [6, 6.07) is 6.78. The van der Waals surface area contributed by atoms with Crippen LogP contribution in [0.5, 0.6) is 11.5 Å². The number of nitrogens with zero attached hydrogens (tertiary/aromatic N) is 1. The van der Waals surface area contributed by atoms with E-state index in [0.29, 0.717) is 11.3 Å². The highest BCUT2D eigenvalue weighted by Crippen LogP contribution is 2.32. The van der Waals surface area contributed by atoms with Crippen LogP contribution in [-0.4, -0.2) is 29.8 Å². The number of hydrogen-bond acceptors (Lipinski definition) is 5. The summed E-state index contributed by atoms with van der Waals surface area (Å²) in [4.78, 5) is 10.5. The topological polar surface area (TPSA) is 106 Å². The summed E-state index contributed by atoms with van der Waals surface area (Å²) < 4.78 is 10.3. The molecule has 3 N–H and O–H groups in total. The number of hydrogen-bond donors (Lipinski definition) is 2. The Balaban J connectivity index is 3.28. The largest absolute Gasteiger partial charge is 0.493 e. The molecule has 1 aromatic carbocycles. The molecule has 0 heterocycles. The van der Waals surface area contributed by atoms with Crippen molar-refractivity contribution in [3.8, 4) is 17.6 Å². The van der Waals surface area contributed by atoms with Gasteiger partial charge in [0.15, 0.2) is 18.1 Å². The van der Waals surface area contributed by atoms with Crippen molar-refractivity contribution < 1.29 is 19.4 Å². The molecule has 1 rings (SSSR count). The molecule has 0 saturated heterocycles. The molecule has 0 aliphatic heterocycles. The van der Waals surface area contributed by atoms with Crippen molar-refractivity contribution in [2.75, 3.05) is 13.7 Å². The number of carbonyl (C=O) groups is 1. The van der Waals surface area contributed by atoms with E-state index in [1.807, 2.05) is 6.07 Å². The summed E-state index contributed by atoms with van der Waals surface area (Å²) in [5.41, 5.74) is 5.96. The van der Waals surface area contributed by atoms with Gasteiger partial charge in [0.25, 0.3) is 0 Å². The Morgan fingerprint density at radius 2 is 2.30 bits per heavy atom. The number of rotatable bonds is 6. The minimum atomic E-state index is -1.12. The van der Waals surface area contributed by atoms with Gasteiger partial charge in [-0.25, -0.2) is 4.79 Å². The predicted molar refractivity (Wildman–Crippen MR) is 76.5 cm³/mol. The number of para-hydroxylation sites is 1. The quantitative estimate of drug-likeness (QED) is 0.463. The molecule has 104 valence electrons. The van der Waals surface area contributed by atoms with Crippen molar-refractivity contribution in [3.63, 3.8) is 0 Å². The standard InChI is InChI=1S/C13H12N2O4S/c1-18-10-4-2-3-8(5-9(6-14)13(15)20)12(10)19-7-11(16)17/h2-5H,7H2,1H3,(H2,15,20)(H,16,17). The number of methoxy groups -OCH3 is 1. The number of ether oxygens (including phenoxy) is 2. The van der Waals surface area contributed by atoms with Crippen LogP contribution in [0.2, 0.25) is 0 Å². The molecule has 20 heavy (non-hydrogen) atoms. The van der Waals surface area contributed by atoms with Crippen molar-refractivity contribution in [2.45, 2.75) is 0 Å². The average Bonchev–Trinajstić information content (AvgIpc) is 2.42. The van der Waals surface area contributed by atoms with E-state index in [-0.39, 0.29) is 16.3 Å². The Hall–Kier alpha value is -2.59. The molecule has 0 atom stereocenters. The first-order chi connectivity index (χ1) is 9.49. The third-order valence-corrected chi connectivity index (χ3v) is 2.47. The maximum absolute atomic E-state index is 10.6. The molecule has 7 heteroatoms. The van der Waals surface area contributed by atoms with Crippen molar-refractivity contribution in [3.05, 3.63) is 29.3 Å². The second-order valence-electron chi connectivity index (χ2n) is 3.60. The average molecular weight is 292 g/mol. The van der Waals surface area contributed by atoms with Crippen LogP contribution in [-0.2, 0) is 4.79 Å². The monoisotopic (exact) mass is 292 g/mol. The van der Waals surface area contributed by atoms with Gasteiger partial charge in [0.05, 0.1) is 12.7 Å². The Bertz CT molecular complexity index is 605. The summed E-state index contributed by atoms with van der Waals surface area (Å²) in [5.74, 6) is -0.567. The fraction of sp³-hybridized carbons (Fsp3) is 0.154. The molecule has 0 saturated carbocycles. The lowest BCUT2D eigenvalue weighted by Gasteiger charge is -2.12. The van der Waals surface area contributed by atoms with E-state index in [9.17, 15) is 4.79 Å². The van der Waals surface area contributed by atoms with E-state index in [4.69, 9.17) is 37.8 Å². The lowest BCUT2D eigenvalue weighted by molar-refractivity contribution is -0.139. The van der Waals surface area contributed by atoms with E-state index in [1.165, 1.54) is 13.2 Å². The summed E-state index contributed by atoms with van der Waals surface area (Å²) in [6.45, 7) is -0.532. The Morgan fingerprint density at radius 1 is 1.60 bits per heavy atom. The molecular formula is C13H12N2O4S. The fourth-order valence-electron chi connectivity index (χ4n) is 1.41. The Kier molecular flexibility index (Phi) is 5.50. The van der Waals surface area contributed by atoms with Crippen molar-refractivity contribution in [1.82, 2.24) is 0 Å². The number of carboxylic acids is 1. The molecule has 0 unspecified atom stereocenters. The highest BCUT2D eigenvalue weighted by molar-refractivity contribution is 7.80. The van der Waals surface area contributed by atoms with Crippen LogP contribution in [0, 0.1) is 11.3 Å². The number of thiocarbonyl (C=S) groups is 1. The molecule has 0 aliphatic rings. The third-order valence-electron chi connectivity index (χ3n) is 2.26. The Labute approximate surface area is 121 Å². The summed E-state index contributed by atoms with van der Waals surface area (Å²) >= 11 is 4.75.